The maximum Gasteiger partial charge on any atom is 0.255 e. The van der Waals surface area contributed by atoms with Gasteiger partial charge in [-0.15, -0.1) is 0 Å². The Kier molecular flexibility index (Phi) is 5.93. The molecule has 0 spiro atoms. The third-order valence-electron chi connectivity index (χ3n) is 4.07. The maximum atomic E-state index is 12.3. The molecular weight excluding hydrogens is 376 g/mol. The Morgan fingerprint density at radius 3 is 2.54 bits per heavy atom. The lowest BCUT2D eigenvalue weighted by Crippen LogP contribution is -2.31. The highest BCUT2D eigenvalue weighted by Gasteiger charge is 2.20. The molecule has 2 N–H and O–H groups in total. The molecule has 0 radical (unpaired) electrons. The molecule has 1 heterocycles. The van der Waals surface area contributed by atoms with Gasteiger partial charge in [0.15, 0.2) is 0 Å². The van der Waals surface area contributed by atoms with Crippen LogP contribution >= 0.6 is 11.6 Å². The fourth-order valence-corrected chi connectivity index (χ4v) is 3.88. The lowest BCUT2D eigenvalue weighted by molar-refractivity contribution is 0.102. The summed E-state index contributed by atoms with van der Waals surface area (Å²) in [4.78, 5) is 12.4. The molecule has 138 valence electrons. The summed E-state index contributed by atoms with van der Waals surface area (Å²) in [5, 5.41) is 3.12. The molecule has 0 aromatic heterocycles. The topological polar surface area (TPSA) is 84.5 Å². The van der Waals surface area contributed by atoms with Crippen molar-refractivity contribution in [2.75, 3.05) is 18.5 Å². The van der Waals surface area contributed by atoms with Crippen LogP contribution in [0.3, 0.4) is 0 Å². The van der Waals surface area contributed by atoms with Gasteiger partial charge in [0.25, 0.3) is 5.91 Å². The molecule has 1 saturated heterocycles. The molecule has 0 bridgehead atoms. The van der Waals surface area contributed by atoms with E-state index in [-0.39, 0.29) is 23.5 Å². The van der Waals surface area contributed by atoms with E-state index in [2.05, 4.69) is 10.0 Å². The van der Waals surface area contributed by atoms with E-state index in [1.165, 1.54) is 24.3 Å². The Balaban J connectivity index is 1.65. The van der Waals surface area contributed by atoms with Gasteiger partial charge in [-0.1, -0.05) is 23.7 Å². The van der Waals surface area contributed by atoms with Gasteiger partial charge in [0.2, 0.25) is 10.0 Å². The Morgan fingerprint density at radius 2 is 1.88 bits per heavy atom. The molecule has 26 heavy (non-hydrogen) atoms. The summed E-state index contributed by atoms with van der Waals surface area (Å²) in [6.45, 7) is 0.915. The highest BCUT2D eigenvalue weighted by molar-refractivity contribution is 7.89. The van der Waals surface area contributed by atoms with E-state index in [1.807, 2.05) is 0 Å². The monoisotopic (exact) mass is 394 g/mol. The fourth-order valence-electron chi connectivity index (χ4n) is 2.63. The molecule has 0 aliphatic carbocycles. The number of carbonyl (C=O) groups excluding carboxylic acids is 1. The number of halogens is 1. The van der Waals surface area contributed by atoms with Crippen molar-refractivity contribution >= 4 is 33.2 Å². The number of hydrogen-bond donors (Lipinski definition) is 2. The smallest absolute Gasteiger partial charge is 0.255 e. The minimum Gasteiger partial charge on any atom is -0.377 e. The number of hydrogen-bond acceptors (Lipinski definition) is 4. The second kappa shape index (κ2) is 8.18. The van der Waals surface area contributed by atoms with Crippen LogP contribution in [0.15, 0.2) is 53.4 Å². The largest absolute Gasteiger partial charge is 0.377 e. The quantitative estimate of drug-likeness (QED) is 0.788. The average molecular weight is 395 g/mol. The first kappa shape index (κ1) is 18.8. The molecule has 0 unspecified atom stereocenters. The molecule has 1 amide bonds. The Hall–Kier alpha value is -1.93. The molecular formula is C18H19ClN2O4S. The zero-order valence-electron chi connectivity index (χ0n) is 13.9. The summed E-state index contributed by atoms with van der Waals surface area (Å²) in [6.07, 6.45) is 1.72. The van der Waals surface area contributed by atoms with E-state index in [1.54, 1.807) is 24.3 Å². The minimum absolute atomic E-state index is 0.0783. The van der Waals surface area contributed by atoms with E-state index in [0.717, 1.165) is 12.8 Å². The molecule has 2 aromatic rings. The molecule has 0 saturated carbocycles. The summed E-state index contributed by atoms with van der Waals surface area (Å²) in [6, 6.07) is 12.6. The molecule has 2 aromatic carbocycles. The Bertz CT molecular complexity index is 878. The second-order valence-electron chi connectivity index (χ2n) is 5.95. The SMILES string of the molecule is O=C(Nc1ccccc1Cl)c1ccc(S(=O)(=O)NC[C@H]2CCCO2)cc1. The normalized spacial score (nSPS) is 17.2. The van der Waals surface area contributed by atoms with Crippen molar-refractivity contribution in [1.29, 1.82) is 0 Å². The highest BCUT2D eigenvalue weighted by atomic mass is 35.5. The Labute approximate surface area is 157 Å². The van der Waals surface area contributed by atoms with Gasteiger partial charge >= 0.3 is 0 Å². The van der Waals surface area contributed by atoms with Crippen molar-refractivity contribution < 1.29 is 17.9 Å². The summed E-state index contributed by atoms with van der Waals surface area (Å²) >= 11 is 6.02. The van der Waals surface area contributed by atoms with Gasteiger partial charge in [0.1, 0.15) is 0 Å². The molecule has 6 nitrogen and oxygen atoms in total. The zero-order valence-corrected chi connectivity index (χ0v) is 15.5. The van der Waals surface area contributed by atoms with Crippen molar-refractivity contribution in [1.82, 2.24) is 4.72 Å². The fraction of sp³-hybridized carbons (Fsp3) is 0.278. The number of carbonyl (C=O) groups is 1. The summed E-state index contributed by atoms with van der Waals surface area (Å²) < 4.78 is 32.6. The van der Waals surface area contributed by atoms with Gasteiger partial charge in [-0.2, -0.15) is 0 Å². The van der Waals surface area contributed by atoms with E-state index in [0.29, 0.717) is 22.9 Å². The number of ether oxygens (including phenoxy) is 1. The Morgan fingerprint density at radius 1 is 1.15 bits per heavy atom. The van der Waals surface area contributed by atoms with Gasteiger partial charge in [0.05, 0.1) is 21.7 Å². The van der Waals surface area contributed by atoms with Gasteiger partial charge in [-0.3, -0.25) is 4.79 Å². The first-order chi connectivity index (χ1) is 12.5. The van der Waals surface area contributed by atoms with Crippen LogP contribution in [0.1, 0.15) is 23.2 Å². The minimum atomic E-state index is -3.64. The van der Waals surface area contributed by atoms with E-state index in [4.69, 9.17) is 16.3 Å². The second-order valence-corrected chi connectivity index (χ2v) is 8.12. The van der Waals surface area contributed by atoms with Crippen LogP contribution in [0, 0.1) is 0 Å². The van der Waals surface area contributed by atoms with Gasteiger partial charge in [0, 0.05) is 18.7 Å². The van der Waals surface area contributed by atoms with Crippen molar-refractivity contribution in [2.45, 2.75) is 23.8 Å². The molecule has 3 rings (SSSR count). The first-order valence-corrected chi connectivity index (χ1v) is 10.1. The number of benzene rings is 2. The number of para-hydroxylation sites is 1. The number of anilines is 1. The first-order valence-electron chi connectivity index (χ1n) is 8.23. The van der Waals surface area contributed by atoms with Crippen LogP contribution in [0.5, 0.6) is 0 Å². The van der Waals surface area contributed by atoms with E-state index in [9.17, 15) is 13.2 Å². The van der Waals surface area contributed by atoms with Crippen molar-refractivity contribution in [3.63, 3.8) is 0 Å². The molecule has 1 atom stereocenters. The standard InChI is InChI=1S/C18H19ClN2O4S/c19-16-5-1-2-6-17(16)21-18(22)13-7-9-15(10-8-13)26(23,24)20-12-14-4-3-11-25-14/h1-2,5-10,14,20H,3-4,11-12H2,(H,21,22)/t14-/m1/s1. The lowest BCUT2D eigenvalue weighted by atomic mass is 10.2. The maximum absolute atomic E-state index is 12.3. The van der Waals surface area contributed by atoms with Gasteiger partial charge < -0.3 is 10.1 Å². The van der Waals surface area contributed by atoms with Crippen molar-refractivity contribution in [3.8, 4) is 0 Å². The third-order valence-corrected chi connectivity index (χ3v) is 5.84. The summed E-state index contributed by atoms with van der Waals surface area (Å²) in [5.41, 5.74) is 0.831. The highest BCUT2D eigenvalue weighted by Crippen LogP contribution is 2.21. The number of sulfonamides is 1. The molecule has 1 aliphatic rings. The molecule has 1 fully saturated rings. The third kappa shape index (κ3) is 4.62. The van der Waals surface area contributed by atoms with E-state index < -0.39 is 10.0 Å². The van der Waals surface area contributed by atoms with Crippen molar-refractivity contribution in [2.24, 2.45) is 0 Å². The average Bonchev–Trinajstić information content (AvgIpc) is 3.16. The molecule has 8 heteroatoms. The number of nitrogens with one attached hydrogen (secondary N) is 2. The van der Waals surface area contributed by atoms with Gasteiger partial charge in [-0.25, -0.2) is 13.1 Å². The van der Waals surface area contributed by atoms with Crippen LogP contribution < -0.4 is 10.0 Å². The predicted octanol–water partition coefficient (Wildman–Crippen LogP) is 3.05. The number of amides is 1. The predicted molar refractivity (Wildman–Crippen MR) is 100 cm³/mol. The van der Waals surface area contributed by atoms with Gasteiger partial charge in [-0.05, 0) is 49.2 Å². The van der Waals surface area contributed by atoms with Crippen LogP contribution in [0.2, 0.25) is 5.02 Å². The van der Waals surface area contributed by atoms with Crippen LogP contribution in [0.4, 0.5) is 5.69 Å². The van der Waals surface area contributed by atoms with E-state index >= 15 is 0 Å². The van der Waals surface area contributed by atoms with Crippen LogP contribution in [-0.4, -0.2) is 33.6 Å². The summed E-state index contributed by atoms with van der Waals surface area (Å²) in [7, 11) is -3.64. The van der Waals surface area contributed by atoms with Crippen LogP contribution in [0.25, 0.3) is 0 Å². The zero-order chi connectivity index (χ0) is 18.6. The van der Waals surface area contributed by atoms with Crippen LogP contribution in [-0.2, 0) is 14.8 Å². The summed E-state index contributed by atoms with van der Waals surface area (Å²) in [5.74, 6) is -0.366. The van der Waals surface area contributed by atoms with Crippen molar-refractivity contribution in [3.05, 3.63) is 59.1 Å². The number of rotatable bonds is 6. The lowest BCUT2D eigenvalue weighted by Gasteiger charge is -2.12. The molecule has 1 aliphatic heterocycles.